The summed E-state index contributed by atoms with van der Waals surface area (Å²) in [5.41, 5.74) is 3.99. The van der Waals surface area contributed by atoms with Gasteiger partial charge in [-0.05, 0) is 49.1 Å². The molecule has 0 saturated heterocycles. The molecule has 7 heteroatoms. The van der Waals surface area contributed by atoms with Gasteiger partial charge in [-0.2, -0.15) is 0 Å². The van der Waals surface area contributed by atoms with Crippen molar-refractivity contribution in [1.29, 1.82) is 0 Å². The van der Waals surface area contributed by atoms with Crippen LogP contribution < -0.4 is 5.56 Å². The quantitative estimate of drug-likeness (QED) is 0.401. The van der Waals surface area contributed by atoms with E-state index in [0.717, 1.165) is 23.0 Å². The maximum absolute atomic E-state index is 13.6. The molecule has 162 valence electrons. The van der Waals surface area contributed by atoms with Crippen molar-refractivity contribution >= 4 is 33.2 Å². The highest BCUT2D eigenvalue weighted by molar-refractivity contribution is 6.04. The summed E-state index contributed by atoms with van der Waals surface area (Å²) in [4.78, 5) is 28.1. The van der Waals surface area contributed by atoms with Gasteiger partial charge in [0.1, 0.15) is 22.5 Å². The Balaban J connectivity index is 1.82. The monoisotopic (exact) mass is 429 g/mol. The van der Waals surface area contributed by atoms with Gasteiger partial charge in [0.15, 0.2) is 11.3 Å². The van der Waals surface area contributed by atoms with Gasteiger partial charge in [-0.15, -0.1) is 0 Å². The molecule has 3 heterocycles. The zero-order chi connectivity index (χ0) is 22.4. The number of fused-ring (bicyclic) bond motifs is 4. The van der Waals surface area contributed by atoms with Gasteiger partial charge in [0.05, 0.1) is 17.6 Å². The molecular weight excluding hydrogens is 405 g/mol. The van der Waals surface area contributed by atoms with Gasteiger partial charge in [0.25, 0.3) is 5.56 Å². The number of benzene rings is 2. The van der Waals surface area contributed by atoms with E-state index in [9.17, 15) is 9.18 Å². The second kappa shape index (κ2) is 7.82. The van der Waals surface area contributed by atoms with E-state index < -0.39 is 0 Å². The molecule has 5 rings (SSSR count). The SMILES string of the molecule is Cc1nc2c(c(=O)n1CCC(C)C)c1nc3ccccc3nc1n2Cc1ccc(F)cc1. The zero-order valence-electron chi connectivity index (χ0n) is 18.3. The molecule has 0 bridgehead atoms. The first-order valence-electron chi connectivity index (χ1n) is 10.8. The van der Waals surface area contributed by atoms with Gasteiger partial charge in [0.2, 0.25) is 0 Å². The van der Waals surface area contributed by atoms with Gasteiger partial charge >= 0.3 is 0 Å². The molecular formula is C25H24FN5O. The van der Waals surface area contributed by atoms with Gasteiger partial charge in [-0.25, -0.2) is 19.3 Å². The Bertz CT molecular complexity index is 1520. The Morgan fingerprint density at radius 1 is 0.906 bits per heavy atom. The van der Waals surface area contributed by atoms with Gasteiger partial charge in [-0.3, -0.25) is 9.36 Å². The largest absolute Gasteiger partial charge is 0.304 e. The molecule has 0 aliphatic heterocycles. The molecule has 0 aliphatic rings. The number of aromatic nitrogens is 5. The molecule has 6 nitrogen and oxygen atoms in total. The Hall–Kier alpha value is -3.61. The third kappa shape index (κ3) is 3.43. The van der Waals surface area contributed by atoms with E-state index in [1.54, 1.807) is 16.7 Å². The second-order valence-corrected chi connectivity index (χ2v) is 8.59. The summed E-state index contributed by atoms with van der Waals surface area (Å²) in [6.07, 6.45) is 0.886. The highest BCUT2D eigenvalue weighted by Crippen LogP contribution is 2.26. The molecule has 5 aromatic rings. The fourth-order valence-corrected chi connectivity index (χ4v) is 4.07. The molecule has 0 radical (unpaired) electrons. The van der Waals surface area contributed by atoms with Crippen LogP contribution in [0.4, 0.5) is 4.39 Å². The first-order valence-corrected chi connectivity index (χ1v) is 10.8. The van der Waals surface area contributed by atoms with Gasteiger partial charge < -0.3 is 4.57 Å². The van der Waals surface area contributed by atoms with Crippen molar-refractivity contribution in [2.24, 2.45) is 5.92 Å². The average molecular weight is 429 g/mol. The minimum atomic E-state index is -0.288. The summed E-state index contributed by atoms with van der Waals surface area (Å²) < 4.78 is 17.1. The van der Waals surface area contributed by atoms with Crippen molar-refractivity contribution in [3.8, 4) is 0 Å². The summed E-state index contributed by atoms with van der Waals surface area (Å²) >= 11 is 0. The van der Waals surface area contributed by atoms with Crippen molar-refractivity contribution in [2.75, 3.05) is 0 Å². The molecule has 0 atom stereocenters. The van der Waals surface area contributed by atoms with Crippen LogP contribution in [-0.2, 0) is 13.1 Å². The van der Waals surface area contributed by atoms with E-state index in [2.05, 4.69) is 13.8 Å². The van der Waals surface area contributed by atoms with E-state index in [-0.39, 0.29) is 11.4 Å². The highest BCUT2D eigenvalue weighted by Gasteiger charge is 2.21. The lowest BCUT2D eigenvalue weighted by Crippen LogP contribution is -2.25. The molecule has 2 aromatic carbocycles. The summed E-state index contributed by atoms with van der Waals surface area (Å²) in [5.74, 6) is 0.847. The Morgan fingerprint density at radius 3 is 2.28 bits per heavy atom. The van der Waals surface area contributed by atoms with Crippen LogP contribution in [0.25, 0.3) is 33.2 Å². The molecule has 0 fully saturated rings. The van der Waals surface area contributed by atoms with Crippen molar-refractivity contribution in [3.63, 3.8) is 0 Å². The minimum absolute atomic E-state index is 0.0967. The van der Waals surface area contributed by atoms with E-state index >= 15 is 0 Å². The smallest absolute Gasteiger partial charge is 0.265 e. The van der Waals surface area contributed by atoms with Crippen LogP contribution in [0.2, 0.25) is 0 Å². The summed E-state index contributed by atoms with van der Waals surface area (Å²) in [6, 6.07) is 14.0. The van der Waals surface area contributed by atoms with E-state index in [0.29, 0.717) is 47.0 Å². The summed E-state index contributed by atoms with van der Waals surface area (Å²) in [5, 5.41) is 0.481. The zero-order valence-corrected chi connectivity index (χ0v) is 18.3. The predicted octanol–water partition coefficient (Wildman–Crippen LogP) is 4.84. The molecule has 0 spiro atoms. The standard InChI is InChI=1S/C25H24FN5O/c1-15(2)12-13-30-16(3)27-23-21(25(30)32)22-24(29-20-7-5-4-6-19(20)28-22)31(23)14-17-8-10-18(26)11-9-17/h4-11,15H,12-14H2,1-3H3. The molecule has 0 aliphatic carbocycles. The summed E-state index contributed by atoms with van der Waals surface area (Å²) in [7, 11) is 0. The number of halogens is 1. The third-order valence-corrected chi connectivity index (χ3v) is 5.83. The topological polar surface area (TPSA) is 65.6 Å². The number of para-hydroxylation sites is 2. The van der Waals surface area contributed by atoms with Crippen LogP contribution in [0.5, 0.6) is 0 Å². The minimum Gasteiger partial charge on any atom is -0.304 e. The highest BCUT2D eigenvalue weighted by atomic mass is 19.1. The second-order valence-electron chi connectivity index (χ2n) is 8.59. The van der Waals surface area contributed by atoms with Crippen molar-refractivity contribution < 1.29 is 4.39 Å². The van der Waals surface area contributed by atoms with Gasteiger partial charge in [-0.1, -0.05) is 38.1 Å². The number of rotatable bonds is 5. The Morgan fingerprint density at radius 2 is 1.59 bits per heavy atom. The molecule has 3 aromatic heterocycles. The Kier molecular flexibility index (Phi) is 4.96. The van der Waals surface area contributed by atoms with Crippen LogP contribution in [-0.4, -0.2) is 24.1 Å². The van der Waals surface area contributed by atoms with Gasteiger partial charge in [0, 0.05) is 6.54 Å². The molecule has 0 saturated carbocycles. The molecule has 0 amide bonds. The van der Waals surface area contributed by atoms with Crippen LogP contribution in [0.3, 0.4) is 0 Å². The lowest BCUT2D eigenvalue weighted by molar-refractivity contribution is 0.498. The molecule has 0 unspecified atom stereocenters. The van der Waals surface area contributed by atoms with Crippen molar-refractivity contribution in [1.82, 2.24) is 24.1 Å². The first-order chi connectivity index (χ1) is 15.4. The first kappa shape index (κ1) is 20.3. The molecule has 0 N–H and O–H groups in total. The summed E-state index contributed by atoms with van der Waals surface area (Å²) in [6.45, 7) is 7.15. The van der Waals surface area contributed by atoms with Crippen LogP contribution in [0.15, 0.2) is 53.3 Å². The number of hydrogen-bond donors (Lipinski definition) is 0. The van der Waals surface area contributed by atoms with Crippen LogP contribution in [0, 0.1) is 18.7 Å². The van der Waals surface area contributed by atoms with Crippen molar-refractivity contribution in [2.45, 2.75) is 40.3 Å². The lowest BCUT2D eigenvalue weighted by atomic mass is 10.1. The van der Waals surface area contributed by atoms with E-state index in [4.69, 9.17) is 15.0 Å². The number of aryl methyl sites for hydroxylation is 1. The number of hydrogen-bond acceptors (Lipinski definition) is 4. The van der Waals surface area contributed by atoms with E-state index in [1.165, 1.54) is 12.1 Å². The fraction of sp³-hybridized carbons (Fsp3) is 0.280. The lowest BCUT2D eigenvalue weighted by Gasteiger charge is -2.12. The maximum Gasteiger partial charge on any atom is 0.265 e. The third-order valence-electron chi connectivity index (χ3n) is 5.83. The maximum atomic E-state index is 13.6. The predicted molar refractivity (Wildman–Crippen MR) is 124 cm³/mol. The van der Waals surface area contributed by atoms with Crippen molar-refractivity contribution in [3.05, 3.63) is 76.1 Å². The van der Waals surface area contributed by atoms with Crippen LogP contribution >= 0.6 is 0 Å². The number of nitrogens with zero attached hydrogens (tertiary/aromatic N) is 5. The average Bonchev–Trinajstić information content (AvgIpc) is 3.05. The normalized spacial score (nSPS) is 11.9. The fourth-order valence-electron chi connectivity index (χ4n) is 4.07. The van der Waals surface area contributed by atoms with E-state index in [1.807, 2.05) is 35.8 Å². The molecule has 32 heavy (non-hydrogen) atoms. The van der Waals surface area contributed by atoms with Crippen LogP contribution in [0.1, 0.15) is 31.7 Å². The Labute approximate surface area is 184 Å².